The molecule has 2 N–H and O–H groups in total. The molecule has 0 amide bonds. The SMILES string of the molecule is C/C(Cc1ccc(Cl)cc1)=C(/c1ccccc1)c1ccc(OCCN)cc1. The van der Waals surface area contributed by atoms with Gasteiger partial charge in [0.15, 0.2) is 0 Å². The average Bonchev–Trinajstić information content (AvgIpc) is 2.70. The van der Waals surface area contributed by atoms with E-state index in [0.29, 0.717) is 13.2 Å². The quantitative estimate of drug-likeness (QED) is 0.569. The molecule has 2 nitrogen and oxygen atoms in total. The van der Waals surface area contributed by atoms with Gasteiger partial charge >= 0.3 is 0 Å². The first kappa shape index (κ1) is 19.2. The zero-order valence-corrected chi connectivity index (χ0v) is 16.2. The lowest BCUT2D eigenvalue weighted by molar-refractivity contribution is 0.328. The summed E-state index contributed by atoms with van der Waals surface area (Å²) < 4.78 is 5.61. The molecule has 0 aromatic heterocycles. The molecule has 0 heterocycles. The molecule has 3 aromatic carbocycles. The normalized spacial score (nSPS) is 11.8. The predicted octanol–water partition coefficient (Wildman–Crippen LogP) is 5.74. The summed E-state index contributed by atoms with van der Waals surface area (Å²) in [5.41, 5.74) is 11.7. The fraction of sp³-hybridized carbons (Fsp3) is 0.167. The highest BCUT2D eigenvalue weighted by molar-refractivity contribution is 6.30. The van der Waals surface area contributed by atoms with Crippen molar-refractivity contribution in [1.29, 1.82) is 0 Å². The largest absolute Gasteiger partial charge is 0.492 e. The standard InChI is InChI=1S/C24H24ClNO/c1-18(17-19-7-11-22(25)12-8-19)24(20-5-3-2-4-6-20)21-9-13-23(14-10-21)27-16-15-26/h2-14H,15-17,26H2,1H3/b24-18+. The summed E-state index contributed by atoms with van der Waals surface area (Å²) in [5.74, 6) is 0.840. The molecule has 0 aliphatic heterocycles. The van der Waals surface area contributed by atoms with Gasteiger partial charge in [-0.15, -0.1) is 0 Å². The fourth-order valence-corrected chi connectivity index (χ4v) is 3.28. The Kier molecular flexibility index (Phi) is 6.69. The molecule has 0 fully saturated rings. The van der Waals surface area contributed by atoms with Crippen molar-refractivity contribution in [1.82, 2.24) is 0 Å². The van der Waals surface area contributed by atoms with Crippen LogP contribution in [0.1, 0.15) is 23.6 Å². The van der Waals surface area contributed by atoms with Gasteiger partial charge < -0.3 is 10.5 Å². The van der Waals surface area contributed by atoms with E-state index >= 15 is 0 Å². The highest BCUT2D eigenvalue weighted by Crippen LogP contribution is 2.30. The van der Waals surface area contributed by atoms with Gasteiger partial charge in [-0.05, 0) is 59.9 Å². The van der Waals surface area contributed by atoms with Crippen LogP contribution in [0.4, 0.5) is 0 Å². The lowest BCUT2D eigenvalue weighted by atomic mass is 9.91. The number of hydrogen-bond donors (Lipinski definition) is 1. The van der Waals surface area contributed by atoms with E-state index in [9.17, 15) is 0 Å². The third-order valence-electron chi connectivity index (χ3n) is 4.40. The molecule has 138 valence electrons. The molecule has 0 saturated heterocycles. The van der Waals surface area contributed by atoms with Crippen LogP contribution >= 0.6 is 11.6 Å². The Morgan fingerprint density at radius 3 is 2.11 bits per heavy atom. The van der Waals surface area contributed by atoms with Crippen molar-refractivity contribution in [2.75, 3.05) is 13.2 Å². The second kappa shape index (κ2) is 9.40. The molecule has 27 heavy (non-hydrogen) atoms. The number of benzene rings is 3. The van der Waals surface area contributed by atoms with Crippen LogP contribution in [0.2, 0.25) is 5.02 Å². The summed E-state index contributed by atoms with van der Waals surface area (Å²) in [6, 6.07) is 26.8. The van der Waals surface area contributed by atoms with Gasteiger partial charge in [0.05, 0.1) is 0 Å². The van der Waals surface area contributed by atoms with Crippen molar-refractivity contribution in [2.45, 2.75) is 13.3 Å². The van der Waals surface area contributed by atoms with Gasteiger partial charge in [0, 0.05) is 11.6 Å². The van der Waals surface area contributed by atoms with Crippen LogP contribution in [0.3, 0.4) is 0 Å². The molecule has 0 saturated carbocycles. The Morgan fingerprint density at radius 2 is 1.48 bits per heavy atom. The topological polar surface area (TPSA) is 35.2 Å². The molecule has 0 atom stereocenters. The molecule has 0 aliphatic carbocycles. The van der Waals surface area contributed by atoms with Crippen molar-refractivity contribution >= 4 is 17.2 Å². The third kappa shape index (κ3) is 5.22. The molecule has 3 heteroatoms. The number of rotatable bonds is 7. The van der Waals surface area contributed by atoms with E-state index in [1.165, 1.54) is 27.8 Å². The zero-order valence-electron chi connectivity index (χ0n) is 15.5. The average molecular weight is 378 g/mol. The Bertz CT molecular complexity index is 884. The Labute approximate surface area is 166 Å². The van der Waals surface area contributed by atoms with Gasteiger partial charge in [-0.1, -0.05) is 71.8 Å². The maximum Gasteiger partial charge on any atom is 0.119 e. The van der Waals surface area contributed by atoms with E-state index in [1.807, 2.05) is 30.3 Å². The zero-order chi connectivity index (χ0) is 19.1. The molecule has 0 spiro atoms. The molecular formula is C24H24ClNO. The third-order valence-corrected chi connectivity index (χ3v) is 4.65. The maximum atomic E-state index is 6.02. The molecule has 0 bridgehead atoms. The summed E-state index contributed by atoms with van der Waals surface area (Å²) in [6.45, 7) is 3.23. The summed E-state index contributed by atoms with van der Waals surface area (Å²) in [4.78, 5) is 0. The molecule has 0 unspecified atom stereocenters. The molecular weight excluding hydrogens is 354 g/mol. The van der Waals surface area contributed by atoms with Crippen LogP contribution in [0.25, 0.3) is 5.57 Å². The minimum absolute atomic E-state index is 0.511. The Balaban J connectivity index is 1.96. The fourth-order valence-electron chi connectivity index (χ4n) is 3.16. The van der Waals surface area contributed by atoms with Gasteiger partial charge in [-0.3, -0.25) is 0 Å². The molecule has 3 aromatic rings. The van der Waals surface area contributed by atoms with Crippen LogP contribution in [0.15, 0.2) is 84.4 Å². The van der Waals surface area contributed by atoms with E-state index in [-0.39, 0.29) is 0 Å². The summed E-state index contributed by atoms with van der Waals surface area (Å²) in [6.07, 6.45) is 0.868. The van der Waals surface area contributed by atoms with E-state index in [1.54, 1.807) is 0 Å². The van der Waals surface area contributed by atoms with Gasteiger partial charge in [-0.2, -0.15) is 0 Å². The summed E-state index contributed by atoms with van der Waals surface area (Å²) in [7, 11) is 0. The van der Waals surface area contributed by atoms with Crippen LogP contribution < -0.4 is 10.5 Å². The highest BCUT2D eigenvalue weighted by atomic mass is 35.5. The molecule has 0 aliphatic rings. The van der Waals surface area contributed by atoms with Crippen LogP contribution in [-0.2, 0) is 6.42 Å². The number of ether oxygens (including phenoxy) is 1. The van der Waals surface area contributed by atoms with Gasteiger partial charge in [0.25, 0.3) is 0 Å². The van der Waals surface area contributed by atoms with E-state index in [2.05, 4.69) is 55.5 Å². The number of nitrogens with two attached hydrogens (primary N) is 1. The number of halogens is 1. The van der Waals surface area contributed by atoms with Gasteiger partial charge in [0.2, 0.25) is 0 Å². The van der Waals surface area contributed by atoms with Crippen molar-refractivity contribution in [3.05, 3.63) is 106 Å². The van der Waals surface area contributed by atoms with Crippen LogP contribution in [0.5, 0.6) is 5.75 Å². The minimum atomic E-state index is 0.511. The molecule has 3 rings (SSSR count). The molecule has 0 radical (unpaired) electrons. The lowest BCUT2D eigenvalue weighted by Crippen LogP contribution is -2.10. The first-order valence-electron chi connectivity index (χ1n) is 9.10. The monoisotopic (exact) mass is 377 g/mol. The van der Waals surface area contributed by atoms with E-state index < -0.39 is 0 Å². The van der Waals surface area contributed by atoms with E-state index in [4.69, 9.17) is 22.1 Å². The second-order valence-corrected chi connectivity index (χ2v) is 6.92. The van der Waals surface area contributed by atoms with Crippen LogP contribution in [0, 0.1) is 0 Å². The summed E-state index contributed by atoms with van der Waals surface area (Å²) >= 11 is 6.02. The van der Waals surface area contributed by atoms with Gasteiger partial charge in [-0.25, -0.2) is 0 Å². The van der Waals surface area contributed by atoms with Crippen molar-refractivity contribution < 1.29 is 4.74 Å². The Morgan fingerprint density at radius 1 is 0.852 bits per heavy atom. The number of hydrogen-bond acceptors (Lipinski definition) is 2. The highest BCUT2D eigenvalue weighted by Gasteiger charge is 2.10. The van der Waals surface area contributed by atoms with Crippen LogP contribution in [-0.4, -0.2) is 13.2 Å². The first-order chi connectivity index (χ1) is 13.2. The van der Waals surface area contributed by atoms with Crippen molar-refractivity contribution in [3.63, 3.8) is 0 Å². The predicted molar refractivity (Wildman–Crippen MR) is 114 cm³/mol. The second-order valence-electron chi connectivity index (χ2n) is 6.49. The van der Waals surface area contributed by atoms with Gasteiger partial charge in [0.1, 0.15) is 12.4 Å². The van der Waals surface area contributed by atoms with E-state index in [0.717, 1.165) is 17.2 Å². The lowest BCUT2D eigenvalue weighted by Gasteiger charge is -2.15. The maximum absolute atomic E-state index is 6.02. The Hall–Kier alpha value is -2.55. The number of allylic oxidation sites excluding steroid dienone is 1. The van der Waals surface area contributed by atoms with Crippen molar-refractivity contribution in [3.8, 4) is 5.75 Å². The smallest absolute Gasteiger partial charge is 0.119 e. The first-order valence-corrected chi connectivity index (χ1v) is 9.48. The van der Waals surface area contributed by atoms with Crippen molar-refractivity contribution in [2.24, 2.45) is 5.73 Å². The summed E-state index contributed by atoms with van der Waals surface area (Å²) in [5, 5.41) is 0.761. The minimum Gasteiger partial charge on any atom is -0.492 e.